The molecule has 0 heterocycles. The molecule has 3 unspecified atom stereocenters. The predicted molar refractivity (Wildman–Crippen MR) is 53.7 cm³/mol. The SMILES string of the molecule is C=CC(=O)OCC1CCC(O)C(C)C1. The van der Waals surface area contributed by atoms with Crippen LogP contribution in [0.4, 0.5) is 0 Å². The third-order valence-electron chi connectivity index (χ3n) is 2.86. The van der Waals surface area contributed by atoms with Gasteiger partial charge in [-0.05, 0) is 31.1 Å². The van der Waals surface area contributed by atoms with Crippen LogP contribution in [0.1, 0.15) is 26.2 Å². The lowest BCUT2D eigenvalue weighted by molar-refractivity contribution is -0.139. The van der Waals surface area contributed by atoms with Crippen LogP contribution in [0.5, 0.6) is 0 Å². The van der Waals surface area contributed by atoms with Crippen LogP contribution < -0.4 is 0 Å². The minimum Gasteiger partial charge on any atom is -0.462 e. The molecule has 0 spiro atoms. The smallest absolute Gasteiger partial charge is 0.330 e. The van der Waals surface area contributed by atoms with Gasteiger partial charge in [0.25, 0.3) is 0 Å². The molecule has 0 aromatic carbocycles. The van der Waals surface area contributed by atoms with Crippen LogP contribution in [0, 0.1) is 11.8 Å². The first-order valence-electron chi connectivity index (χ1n) is 5.10. The fraction of sp³-hybridized carbons (Fsp3) is 0.727. The van der Waals surface area contributed by atoms with Crippen LogP contribution in [0.2, 0.25) is 0 Å². The number of carbonyl (C=O) groups excluding carboxylic acids is 1. The summed E-state index contributed by atoms with van der Waals surface area (Å²) in [5.74, 6) is 0.359. The highest BCUT2D eigenvalue weighted by Crippen LogP contribution is 2.29. The van der Waals surface area contributed by atoms with E-state index in [1.54, 1.807) is 0 Å². The van der Waals surface area contributed by atoms with E-state index >= 15 is 0 Å². The van der Waals surface area contributed by atoms with Gasteiger partial charge in [0.05, 0.1) is 12.7 Å². The summed E-state index contributed by atoms with van der Waals surface area (Å²) in [6.07, 6.45) is 3.70. The Hall–Kier alpha value is -0.830. The van der Waals surface area contributed by atoms with Crippen molar-refractivity contribution in [2.75, 3.05) is 6.61 Å². The molecule has 3 heteroatoms. The van der Waals surface area contributed by atoms with Gasteiger partial charge in [-0.1, -0.05) is 13.5 Å². The Morgan fingerprint density at radius 2 is 2.36 bits per heavy atom. The lowest BCUT2D eigenvalue weighted by atomic mass is 9.81. The third-order valence-corrected chi connectivity index (χ3v) is 2.86. The summed E-state index contributed by atoms with van der Waals surface area (Å²) in [5.41, 5.74) is 0. The highest BCUT2D eigenvalue weighted by Gasteiger charge is 2.26. The summed E-state index contributed by atoms with van der Waals surface area (Å²) in [6.45, 7) is 5.83. The largest absolute Gasteiger partial charge is 0.462 e. The van der Waals surface area contributed by atoms with E-state index in [0.717, 1.165) is 19.3 Å². The maximum absolute atomic E-state index is 10.8. The van der Waals surface area contributed by atoms with Crippen molar-refractivity contribution in [1.29, 1.82) is 0 Å². The minimum absolute atomic E-state index is 0.179. The molecule has 1 aliphatic carbocycles. The molecular weight excluding hydrogens is 180 g/mol. The highest BCUT2D eigenvalue weighted by molar-refractivity contribution is 5.81. The second kappa shape index (κ2) is 5.15. The van der Waals surface area contributed by atoms with E-state index in [-0.39, 0.29) is 12.1 Å². The topological polar surface area (TPSA) is 46.5 Å². The number of esters is 1. The maximum Gasteiger partial charge on any atom is 0.330 e. The number of aliphatic hydroxyl groups excluding tert-OH is 1. The Labute approximate surface area is 84.8 Å². The Morgan fingerprint density at radius 3 is 2.93 bits per heavy atom. The Balaban J connectivity index is 2.26. The van der Waals surface area contributed by atoms with E-state index in [1.807, 2.05) is 6.92 Å². The van der Waals surface area contributed by atoms with Crippen molar-refractivity contribution in [3.05, 3.63) is 12.7 Å². The van der Waals surface area contributed by atoms with Gasteiger partial charge in [0.1, 0.15) is 0 Å². The van der Waals surface area contributed by atoms with Crippen molar-refractivity contribution in [3.63, 3.8) is 0 Å². The molecular formula is C11H18O3. The van der Waals surface area contributed by atoms with Crippen molar-refractivity contribution in [3.8, 4) is 0 Å². The molecule has 14 heavy (non-hydrogen) atoms. The summed E-state index contributed by atoms with van der Waals surface area (Å²) < 4.78 is 4.98. The summed E-state index contributed by atoms with van der Waals surface area (Å²) in [6, 6.07) is 0. The molecule has 3 atom stereocenters. The van der Waals surface area contributed by atoms with Crippen molar-refractivity contribution >= 4 is 5.97 Å². The predicted octanol–water partition coefficient (Wildman–Crippen LogP) is 1.51. The molecule has 0 aromatic heterocycles. The normalized spacial score (nSPS) is 32.3. The number of hydrogen-bond acceptors (Lipinski definition) is 3. The summed E-state index contributed by atoms with van der Waals surface area (Å²) >= 11 is 0. The first-order chi connectivity index (χ1) is 6.63. The summed E-state index contributed by atoms with van der Waals surface area (Å²) in [7, 11) is 0. The van der Waals surface area contributed by atoms with Crippen LogP contribution in [-0.4, -0.2) is 23.8 Å². The van der Waals surface area contributed by atoms with Gasteiger partial charge < -0.3 is 9.84 Å². The first-order valence-corrected chi connectivity index (χ1v) is 5.10. The van der Waals surface area contributed by atoms with Crippen molar-refractivity contribution in [2.45, 2.75) is 32.3 Å². The van der Waals surface area contributed by atoms with Gasteiger partial charge >= 0.3 is 5.97 Å². The van der Waals surface area contributed by atoms with Crippen LogP contribution in [-0.2, 0) is 9.53 Å². The van der Waals surface area contributed by atoms with Crippen LogP contribution in [0.25, 0.3) is 0 Å². The van der Waals surface area contributed by atoms with Crippen molar-refractivity contribution < 1.29 is 14.6 Å². The molecule has 0 aromatic rings. The van der Waals surface area contributed by atoms with Gasteiger partial charge in [-0.3, -0.25) is 0 Å². The number of ether oxygens (including phenoxy) is 1. The summed E-state index contributed by atoms with van der Waals surface area (Å²) in [4.78, 5) is 10.8. The Morgan fingerprint density at radius 1 is 1.64 bits per heavy atom. The molecule has 80 valence electrons. The molecule has 0 radical (unpaired) electrons. The Bertz CT molecular complexity index is 213. The van der Waals surface area contributed by atoms with E-state index in [9.17, 15) is 9.90 Å². The molecule has 0 bridgehead atoms. The fourth-order valence-corrected chi connectivity index (χ4v) is 1.90. The highest BCUT2D eigenvalue weighted by atomic mass is 16.5. The lowest BCUT2D eigenvalue weighted by Gasteiger charge is -2.30. The fourth-order valence-electron chi connectivity index (χ4n) is 1.90. The molecule has 1 rings (SSSR count). The second-order valence-electron chi connectivity index (χ2n) is 4.06. The summed E-state index contributed by atoms with van der Waals surface area (Å²) in [5, 5.41) is 9.50. The van der Waals surface area contributed by atoms with E-state index in [2.05, 4.69) is 6.58 Å². The van der Waals surface area contributed by atoms with Gasteiger partial charge in [0.15, 0.2) is 0 Å². The van der Waals surface area contributed by atoms with E-state index < -0.39 is 0 Å². The molecule has 1 N–H and O–H groups in total. The second-order valence-corrected chi connectivity index (χ2v) is 4.06. The molecule has 1 aliphatic rings. The van der Waals surface area contributed by atoms with Crippen LogP contribution >= 0.6 is 0 Å². The Kier molecular flexibility index (Phi) is 4.14. The molecule has 3 nitrogen and oxygen atoms in total. The molecule has 0 saturated heterocycles. The number of rotatable bonds is 3. The van der Waals surface area contributed by atoms with Gasteiger partial charge in [0, 0.05) is 6.08 Å². The quantitative estimate of drug-likeness (QED) is 0.552. The maximum atomic E-state index is 10.8. The monoisotopic (exact) mass is 198 g/mol. The van der Waals surface area contributed by atoms with Gasteiger partial charge in [-0.25, -0.2) is 4.79 Å². The molecule has 0 aliphatic heterocycles. The lowest BCUT2D eigenvalue weighted by Crippen LogP contribution is -2.29. The van der Waals surface area contributed by atoms with E-state index in [1.165, 1.54) is 6.08 Å². The molecule has 1 saturated carbocycles. The standard InChI is InChI=1S/C11H18O3/c1-3-11(13)14-7-9-4-5-10(12)8(2)6-9/h3,8-10,12H,1,4-7H2,2H3. The third kappa shape index (κ3) is 3.14. The van der Waals surface area contributed by atoms with Crippen LogP contribution in [0.15, 0.2) is 12.7 Å². The zero-order valence-electron chi connectivity index (χ0n) is 8.61. The molecule has 0 amide bonds. The van der Waals surface area contributed by atoms with Crippen molar-refractivity contribution in [2.24, 2.45) is 11.8 Å². The average Bonchev–Trinajstić information content (AvgIpc) is 2.19. The van der Waals surface area contributed by atoms with Gasteiger partial charge in [0.2, 0.25) is 0 Å². The van der Waals surface area contributed by atoms with Gasteiger partial charge in [-0.15, -0.1) is 0 Å². The number of carbonyl (C=O) groups is 1. The average molecular weight is 198 g/mol. The van der Waals surface area contributed by atoms with E-state index in [4.69, 9.17) is 4.74 Å². The first kappa shape index (κ1) is 11.2. The van der Waals surface area contributed by atoms with E-state index in [0.29, 0.717) is 18.4 Å². The zero-order valence-corrected chi connectivity index (χ0v) is 8.61. The van der Waals surface area contributed by atoms with Crippen molar-refractivity contribution in [1.82, 2.24) is 0 Å². The van der Waals surface area contributed by atoms with Crippen LogP contribution in [0.3, 0.4) is 0 Å². The number of aliphatic hydroxyl groups is 1. The zero-order chi connectivity index (χ0) is 10.6. The van der Waals surface area contributed by atoms with Gasteiger partial charge in [-0.2, -0.15) is 0 Å². The number of hydrogen-bond donors (Lipinski definition) is 1. The molecule has 1 fully saturated rings. The minimum atomic E-state index is -0.358.